The molecule has 0 atom stereocenters. The third kappa shape index (κ3) is 3.93. The lowest BCUT2D eigenvalue weighted by Crippen LogP contribution is -2.02. The van der Waals surface area contributed by atoms with E-state index in [1.807, 2.05) is 47.3 Å². The number of rotatable bonds is 5. The number of aliphatic hydroxyl groups excluding tert-OH is 1. The summed E-state index contributed by atoms with van der Waals surface area (Å²) in [5.41, 5.74) is 0.887. The fourth-order valence-corrected chi connectivity index (χ4v) is 1.06. The summed E-state index contributed by atoms with van der Waals surface area (Å²) in [6, 6.07) is 7.33. The molecular weight excluding hydrogens is 283 g/mol. The Morgan fingerprint density at radius 1 is 1.15 bits per heavy atom. The van der Waals surface area contributed by atoms with Gasteiger partial charge in [0.1, 0.15) is 35.4 Å². The van der Waals surface area contributed by atoms with Crippen LogP contribution in [-0.4, -0.2) is 18.3 Å². The molecule has 0 unspecified atom stereocenters. The molecule has 0 aliphatic heterocycles. The van der Waals surface area contributed by atoms with Crippen LogP contribution in [0.2, 0.25) is 0 Å². The Morgan fingerprint density at radius 3 is 2.38 bits per heavy atom. The average Bonchev–Trinajstić information content (AvgIpc) is 2.19. The lowest BCUT2D eigenvalue weighted by molar-refractivity contribution is 0.255. The van der Waals surface area contributed by atoms with E-state index in [0.29, 0.717) is 13.2 Å². The summed E-state index contributed by atoms with van der Waals surface area (Å²) in [6.45, 7) is 1.18. The summed E-state index contributed by atoms with van der Waals surface area (Å²) >= 11 is 1.83. The van der Waals surface area contributed by atoms with E-state index in [2.05, 4.69) is 0 Å². The molecule has 0 bridgehead atoms. The second-order valence-electron chi connectivity index (χ2n) is 2.46. The second kappa shape index (κ2) is 6.17. The minimum absolute atomic E-state index is 0.0666. The number of hydrogen-bond acceptors (Lipinski definition) is 3. The van der Waals surface area contributed by atoms with E-state index in [-0.39, 0.29) is 6.61 Å². The van der Waals surface area contributed by atoms with E-state index < -0.39 is 0 Å². The van der Waals surface area contributed by atoms with E-state index in [9.17, 15) is 0 Å². The van der Waals surface area contributed by atoms with Crippen LogP contribution in [0.25, 0.3) is 0 Å². The van der Waals surface area contributed by atoms with Crippen LogP contribution in [0.5, 0.6) is 5.75 Å². The van der Waals surface area contributed by atoms with Crippen LogP contribution in [0, 0.1) is 0 Å². The molecule has 1 aromatic rings. The molecule has 3 nitrogen and oxygen atoms in total. The van der Waals surface area contributed by atoms with Gasteiger partial charge < -0.3 is 12.9 Å². The van der Waals surface area contributed by atoms with E-state index in [4.69, 9.17) is 12.9 Å². The predicted octanol–water partition coefficient (Wildman–Crippen LogP) is 1.92. The summed E-state index contributed by atoms with van der Waals surface area (Å²) in [4.78, 5) is 0. The maximum absolute atomic E-state index is 8.78. The monoisotopic (exact) mass is 294 g/mol. The number of benzene rings is 1. The predicted molar refractivity (Wildman–Crippen MR) is 57.8 cm³/mol. The molecule has 4 heteroatoms. The minimum Gasteiger partial charge on any atom is -0.491 e. The Balaban J connectivity index is 2.40. The molecule has 0 radical (unpaired) electrons. The van der Waals surface area contributed by atoms with Crippen LogP contribution >= 0.6 is 23.0 Å². The Labute approximate surface area is 91.4 Å². The van der Waals surface area contributed by atoms with Crippen LogP contribution in [0.1, 0.15) is 5.56 Å². The summed E-state index contributed by atoms with van der Waals surface area (Å²) in [5.74, 6) is 0.797. The van der Waals surface area contributed by atoms with Crippen molar-refractivity contribution in [1.82, 2.24) is 0 Å². The highest BCUT2D eigenvalue weighted by atomic mass is 127. The fraction of sp³-hybridized carbons (Fsp3) is 0.333. The van der Waals surface area contributed by atoms with Crippen molar-refractivity contribution in [1.29, 1.82) is 0 Å². The topological polar surface area (TPSA) is 38.7 Å². The fourth-order valence-electron chi connectivity index (χ4n) is 0.882. The van der Waals surface area contributed by atoms with Gasteiger partial charge in [0.15, 0.2) is 0 Å². The molecule has 1 N–H and O–H groups in total. The molecule has 0 fully saturated rings. The zero-order valence-corrected chi connectivity index (χ0v) is 9.23. The highest BCUT2D eigenvalue weighted by molar-refractivity contribution is 14.1. The average molecular weight is 294 g/mol. The lowest BCUT2D eigenvalue weighted by atomic mass is 10.2. The molecule has 0 spiro atoms. The van der Waals surface area contributed by atoms with E-state index in [0.717, 1.165) is 11.3 Å². The van der Waals surface area contributed by atoms with Gasteiger partial charge in [0.25, 0.3) is 0 Å². The molecule has 72 valence electrons. The first-order chi connectivity index (χ1) is 6.36. The second-order valence-corrected chi connectivity index (χ2v) is 3.09. The zero-order chi connectivity index (χ0) is 9.52. The number of halogens is 1. The van der Waals surface area contributed by atoms with Crippen molar-refractivity contribution in [2.24, 2.45) is 0 Å². The number of hydrogen-bond donors (Lipinski definition) is 1. The van der Waals surface area contributed by atoms with Crippen molar-refractivity contribution in [2.45, 2.75) is 6.61 Å². The highest BCUT2D eigenvalue weighted by Gasteiger charge is 1.93. The molecule has 0 saturated heterocycles. The first-order valence-corrected chi connectivity index (χ1v) is 4.81. The maximum atomic E-state index is 8.78. The Hall–Kier alpha value is -0.330. The van der Waals surface area contributed by atoms with Crippen molar-refractivity contribution in [3.63, 3.8) is 0 Å². The van der Waals surface area contributed by atoms with Crippen LogP contribution in [0.15, 0.2) is 24.3 Å². The van der Waals surface area contributed by atoms with Gasteiger partial charge >= 0.3 is 0 Å². The molecule has 0 amide bonds. The number of aliphatic hydroxyl groups is 1. The highest BCUT2D eigenvalue weighted by Crippen LogP contribution is 2.11. The summed E-state index contributed by atoms with van der Waals surface area (Å²) in [5, 5.41) is 8.78. The SMILES string of the molecule is OCc1ccc(OCCOI)cc1. The van der Waals surface area contributed by atoms with Gasteiger partial charge in [-0.05, 0) is 17.7 Å². The number of ether oxygens (including phenoxy) is 1. The molecule has 0 aliphatic rings. The van der Waals surface area contributed by atoms with E-state index in [1.54, 1.807) is 0 Å². The Kier molecular flexibility index (Phi) is 5.10. The zero-order valence-electron chi connectivity index (χ0n) is 7.07. The summed E-state index contributed by atoms with van der Waals surface area (Å²) < 4.78 is 10.1. The molecule has 1 aromatic carbocycles. The first kappa shape index (κ1) is 10.7. The van der Waals surface area contributed by atoms with Crippen LogP contribution in [-0.2, 0) is 9.67 Å². The van der Waals surface area contributed by atoms with Crippen molar-refractivity contribution >= 4 is 23.0 Å². The van der Waals surface area contributed by atoms with Crippen LogP contribution in [0.3, 0.4) is 0 Å². The molecular formula is C9H11IO3. The van der Waals surface area contributed by atoms with Gasteiger partial charge in [0.2, 0.25) is 0 Å². The van der Waals surface area contributed by atoms with Gasteiger partial charge in [-0.15, -0.1) is 0 Å². The Bertz CT molecular complexity index is 235. The van der Waals surface area contributed by atoms with E-state index >= 15 is 0 Å². The van der Waals surface area contributed by atoms with Gasteiger partial charge in [-0.2, -0.15) is 0 Å². The third-order valence-electron chi connectivity index (χ3n) is 1.54. The smallest absolute Gasteiger partial charge is 0.119 e. The van der Waals surface area contributed by atoms with Crippen molar-refractivity contribution in [3.05, 3.63) is 29.8 Å². The van der Waals surface area contributed by atoms with Gasteiger partial charge in [-0.1, -0.05) is 12.1 Å². The van der Waals surface area contributed by atoms with Gasteiger partial charge in [-0.25, -0.2) is 0 Å². The molecule has 0 aliphatic carbocycles. The largest absolute Gasteiger partial charge is 0.491 e. The van der Waals surface area contributed by atoms with Gasteiger partial charge in [0.05, 0.1) is 13.2 Å². The summed E-state index contributed by atoms with van der Waals surface area (Å²) in [7, 11) is 0. The molecule has 0 aromatic heterocycles. The van der Waals surface area contributed by atoms with E-state index in [1.165, 1.54) is 0 Å². The summed E-state index contributed by atoms with van der Waals surface area (Å²) in [6.07, 6.45) is 0. The minimum atomic E-state index is 0.0666. The van der Waals surface area contributed by atoms with Crippen LogP contribution < -0.4 is 4.74 Å². The van der Waals surface area contributed by atoms with Crippen molar-refractivity contribution in [2.75, 3.05) is 13.2 Å². The van der Waals surface area contributed by atoms with Gasteiger partial charge in [-0.3, -0.25) is 0 Å². The quantitative estimate of drug-likeness (QED) is 0.666. The van der Waals surface area contributed by atoms with Gasteiger partial charge in [0, 0.05) is 0 Å². The molecule has 0 heterocycles. The standard InChI is InChI=1S/C9H11IO3/c10-13-6-5-12-9-3-1-8(7-11)2-4-9/h1-4,11H,5-7H2. The first-order valence-electron chi connectivity index (χ1n) is 3.93. The normalized spacial score (nSPS) is 10.0. The lowest BCUT2D eigenvalue weighted by Gasteiger charge is -2.04. The maximum Gasteiger partial charge on any atom is 0.119 e. The van der Waals surface area contributed by atoms with Crippen LogP contribution in [0.4, 0.5) is 0 Å². The Morgan fingerprint density at radius 2 is 1.85 bits per heavy atom. The third-order valence-corrected chi connectivity index (χ3v) is 1.98. The van der Waals surface area contributed by atoms with Crippen molar-refractivity contribution in [3.8, 4) is 5.75 Å². The molecule has 13 heavy (non-hydrogen) atoms. The molecule has 1 rings (SSSR count). The molecule has 0 saturated carbocycles. The van der Waals surface area contributed by atoms with Crippen molar-refractivity contribution < 1.29 is 12.9 Å².